The molecule has 0 spiro atoms. The van der Waals surface area contributed by atoms with Gasteiger partial charge in [-0.15, -0.1) is 0 Å². The second-order valence-electron chi connectivity index (χ2n) is 8.03. The van der Waals surface area contributed by atoms with Gasteiger partial charge in [0.05, 0.1) is 24.4 Å². The maximum absolute atomic E-state index is 13.1. The van der Waals surface area contributed by atoms with Gasteiger partial charge in [-0.2, -0.15) is 0 Å². The number of likely N-dealkylation sites (tertiary alicyclic amines) is 1. The largest absolute Gasteiger partial charge is 0.481 e. The highest BCUT2D eigenvalue weighted by Gasteiger charge is 2.44. The summed E-state index contributed by atoms with van der Waals surface area (Å²) in [6.45, 7) is 5.18. The number of nitrogens with zero attached hydrogens (tertiary/aromatic N) is 3. The molecule has 3 rings (SSSR count). The third kappa shape index (κ3) is 4.60. The summed E-state index contributed by atoms with van der Waals surface area (Å²) >= 11 is 0. The van der Waals surface area contributed by atoms with Gasteiger partial charge in [-0.1, -0.05) is 0 Å². The van der Waals surface area contributed by atoms with Crippen LogP contribution in [0.1, 0.15) is 27.2 Å². The first kappa shape index (κ1) is 21.7. The number of pyridine rings is 2. The first-order valence-electron chi connectivity index (χ1n) is 9.57. The number of anilines is 1. The zero-order valence-corrected chi connectivity index (χ0v) is 17.3. The SMILES string of the molecule is COc1ccc2nccc(NC(=O)C3C(O)C(O)CCN3C(=O)OC(C)(C)C)c2n1. The van der Waals surface area contributed by atoms with Crippen molar-refractivity contribution in [2.75, 3.05) is 19.0 Å². The van der Waals surface area contributed by atoms with Crippen LogP contribution in [0.4, 0.5) is 10.5 Å². The average Bonchev–Trinajstić information content (AvgIpc) is 2.68. The van der Waals surface area contributed by atoms with E-state index in [-0.39, 0.29) is 13.0 Å². The van der Waals surface area contributed by atoms with Gasteiger partial charge in [-0.25, -0.2) is 9.78 Å². The molecular weight excluding hydrogens is 392 g/mol. The molecule has 1 saturated heterocycles. The molecule has 2 amide bonds. The topological polar surface area (TPSA) is 134 Å². The summed E-state index contributed by atoms with van der Waals surface area (Å²) < 4.78 is 10.5. The Morgan fingerprint density at radius 2 is 1.97 bits per heavy atom. The predicted octanol–water partition coefficient (Wildman–Crippen LogP) is 1.31. The molecule has 0 radical (unpaired) electrons. The van der Waals surface area contributed by atoms with E-state index in [1.165, 1.54) is 13.3 Å². The van der Waals surface area contributed by atoms with Crippen molar-refractivity contribution < 1.29 is 29.3 Å². The molecule has 1 aliphatic rings. The summed E-state index contributed by atoms with van der Waals surface area (Å²) in [7, 11) is 1.47. The number of fused-ring (bicyclic) bond motifs is 1. The molecule has 0 aromatic carbocycles. The maximum Gasteiger partial charge on any atom is 0.411 e. The van der Waals surface area contributed by atoms with Gasteiger partial charge in [0, 0.05) is 18.8 Å². The molecule has 3 N–H and O–H groups in total. The second kappa shape index (κ2) is 8.41. The lowest BCUT2D eigenvalue weighted by Gasteiger charge is -2.40. The van der Waals surface area contributed by atoms with Crippen molar-refractivity contribution in [2.24, 2.45) is 0 Å². The van der Waals surface area contributed by atoms with Crippen LogP contribution in [0.3, 0.4) is 0 Å². The molecule has 3 atom stereocenters. The number of hydrogen-bond acceptors (Lipinski definition) is 8. The quantitative estimate of drug-likeness (QED) is 0.679. The molecule has 0 aliphatic carbocycles. The van der Waals surface area contributed by atoms with Crippen molar-refractivity contribution in [3.63, 3.8) is 0 Å². The van der Waals surface area contributed by atoms with Crippen LogP contribution in [0, 0.1) is 0 Å². The van der Waals surface area contributed by atoms with Gasteiger partial charge < -0.3 is 25.0 Å². The summed E-state index contributed by atoms with van der Waals surface area (Å²) in [4.78, 5) is 35.4. The number of aliphatic hydroxyl groups is 2. The van der Waals surface area contributed by atoms with Crippen LogP contribution in [-0.4, -0.2) is 74.6 Å². The Labute approximate surface area is 173 Å². The molecule has 30 heavy (non-hydrogen) atoms. The molecule has 3 heterocycles. The van der Waals surface area contributed by atoms with Gasteiger partial charge in [-0.3, -0.25) is 14.7 Å². The number of aromatic nitrogens is 2. The Morgan fingerprint density at radius 1 is 1.23 bits per heavy atom. The van der Waals surface area contributed by atoms with Crippen molar-refractivity contribution in [1.29, 1.82) is 0 Å². The number of carbonyl (C=O) groups excluding carboxylic acids is 2. The predicted molar refractivity (Wildman–Crippen MR) is 108 cm³/mol. The van der Waals surface area contributed by atoms with E-state index >= 15 is 0 Å². The average molecular weight is 418 g/mol. The van der Waals surface area contributed by atoms with Crippen LogP contribution in [0.5, 0.6) is 5.88 Å². The lowest BCUT2D eigenvalue weighted by molar-refractivity contribution is -0.135. The summed E-state index contributed by atoms with van der Waals surface area (Å²) in [5.41, 5.74) is 0.475. The number of piperidine rings is 1. The van der Waals surface area contributed by atoms with Gasteiger partial charge in [0.25, 0.3) is 0 Å². The Balaban J connectivity index is 1.91. The van der Waals surface area contributed by atoms with E-state index in [0.29, 0.717) is 22.6 Å². The Morgan fingerprint density at radius 3 is 2.63 bits per heavy atom. The summed E-state index contributed by atoms with van der Waals surface area (Å²) in [5.74, 6) is -0.335. The Bertz CT molecular complexity index is 945. The van der Waals surface area contributed by atoms with Crippen molar-refractivity contribution >= 4 is 28.7 Å². The van der Waals surface area contributed by atoms with Crippen molar-refractivity contribution in [3.05, 3.63) is 24.4 Å². The van der Waals surface area contributed by atoms with Crippen LogP contribution in [0.25, 0.3) is 11.0 Å². The van der Waals surface area contributed by atoms with Gasteiger partial charge >= 0.3 is 6.09 Å². The number of rotatable bonds is 3. The fourth-order valence-electron chi connectivity index (χ4n) is 3.23. The van der Waals surface area contributed by atoms with Gasteiger partial charge in [0.15, 0.2) is 0 Å². The van der Waals surface area contributed by atoms with Crippen molar-refractivity contribution in [2.45, 2.75) is 51.0 Å². The molecule has 2 aromatic rings. The van der Waals surface area contributed by atoms with Crippen LogP contribution >= 0.6 is 0 Å². The Hall–Kier alpha value is -2.98. The molecule has 3 unspecified atom stereocenters. The van der Waals surface area contributed by atoms with Gasteiger partial charge in [-0.05, 0) is 39.3 Å². The van der Waals surface area contributed by atoms with Crippen LogP contribution in [-0.2, 0) is 9.53 Å². The first-order valence-corrected chi connectivity index (χ1v) is 9.57. The minimum absolute atomic E-state index is 0.0639. The molecule has 1 aliphatic heterocycles. The van der Waals surface area contributed by atoms with E-state index in [2.05, 4.69) is 15.3 Å². The van der Waals surface area contributed by atoms with E-state index in [4.69, 9.17) is 9.47 Å². The molecule has 10 nitrogen and oxygen atoms in total. The molecule has 10 heteroatoms. The lowest BCUT2D eigenvalue weighted by Crippen LogP contribution is -2.61. The summed E-state index contributed by atoms with van der Waals surface area (Å²) in [6, 6.07) is 3.56. The third-order valence-electron chi connectivity index (χ3n) is 4.64. The summed E-state index contributed by atoms with van der Waals surface area (Å²) in [6.07, 6.45) is -1.73. The van der Waals surface area contributed by atoms with E-state index in [9.17, 15) is 19.8 Å². The number of ether oxygens (including phenoxy) is 2. The first-order chi connectivity index (χ1) is 14.1. The number of methoxy groups -OCH3 is 1. The minimum Gasteiger partial charge on any atom is -0.481 e. The zero-order valence-electron chi connectivity index (χ0n) is 17.3. The molecule has 162 valence electrons. The van der Waals surface area contributed by atoms with Crippen LogP contribution < -0.4 is 10.1 Å². The molecule has 1 fully saturated rings. The van der Waals surface area contributed by atoms with E-state index < -0.39 is 35.9 Å². The Kier molecular flexibility index (Phi) is 6.09. The normalized spacial score (nSPS) is 21.9. The van der Waals surface area contributed by atoms with Gasteiger partial charge in [0.2, 0.25) is 11.8 Å². The maximum atomic E-state index is 13.1. The molecule has 0 saturated carbocycles. The van der Waals surface area contributed by atoms with E-state index in [1.54, 1.807) is 39.0 Å². The highest BCUT2D eigenvalue weighted by atomic mass is 16.6. The van der Waals surface area contributed by atoms with Gasteiger partial charge in [0.1, 0.15) is 23.3 Å². The summed E-state index contributed by atoms with van der Waals surface area (Å²) in [5, 5.41) is 23.3. The highest BCUT2D eigenvalue weighted by molar-refractivity contribution is 6.02. The number of carbonyl (C=O) groups is 2. The third-order valence-corrected chi connectivity index (χ3v) is 4.64. The van der Waals surface area contributed by atoms with Crippen LogP contribution in [0.15, 0.2) is 24.4 Å². The minimum atomic E-state index is -1.47. The zero-order chi connectivity index (χ0) is 22.1. The van der Waals surface area contributed by atoms with Crippen LogP contribution in [0.2, 0.25) is 0 Å². The smallest absolute Gasteiger partial charge is 0.411 e. The highest BCUT2D eigenvalue weighted by Crippen LogP contribution is 2.26. The second-order valence-corrected chi connectivity index (χ2v) is 8.03. The number of hydrogen-bond donors (Lipinski definition) is 3. The number of amides is 2. The van der Waals surface area contributed by atoms with E-state index in [0.717, 1.165) is 4.90 Å². The van der Waals surface area contributed by atoms with E-state index in [1.807, 2.05) is 0 Å². The standard InChI is InChI=1S/C20H26N4O6/c1-20(2,3)30-19(28)24-10-8-13(25)17(26)16(24)18(27)22-12-7-9-21-11-5-6-14(29-4)23-15(11)12/h5-7,9,13,16-17,25-26H,8,10H2,1-4H3,(H,21,22,27). The van der Waals surface area contributed by atoms with Crippen molar-refractivity contribution in [1.82, 2.24) is 14.9 Å². The van der Waals surface area contributed by atoms with Crippen molar-refractivity contribution in [3.8, 4) is 5.88 Å². The number of nitrogens with one attached hydrogen (secondary N) is 1. The fourth-order valence-corrected chi connectivity index (χ4v) is 3.23. The molecule has 0 bridgehead atoms. The number of aliphatic hydroxyl groups excluding tert-OH is 2. The monoisotopic (exact) mass is 418 g/mol. The molecule has 2 aromatic heterocycles. The lowest BCUT2D eigenvalue weighted by atomic mass is 9.95. The molecular formula is C20H26N4O6. The fraction of sp³-hybridized carbons (Fsp3) is 0.500.